The van der Waals surface area contributed by atoms with Crippen LogP contribution in [0.1, 0.15) is 36.8 Å². The molecule has 0 bridgehead atoms. The lowest BCUT2D eigenvalue weighted by molar-refractivity contribution is -0.374. The highest BCUT2D eigenvalue weighted by Gasteiger charge is 2.55. The number of nitrogens with two attached hydrogens (primary N) is 1. The molecule has 18 nitrogen and oxygen atoms in total. The molecule has 2 aromatic carbocycles. The number of benzene rings is 2. The molecular weight excluding hydrogens is 812 g/mol. The van der Waals surface area contributed by atoms with Gasteiger partial charge in [-0.2, -0.15) is 0 Å². The molecule has 0 aromatic heterocycles. The summed E-state index contributed by atoms with van der Waals surface area (Å²) in [7, 11) is 12.2. The van der Waals surface area contributed by atoms with Gasteiger partial charge in [-0.1, -0.05) is 48.5 Å². The number of carbonyl (C=O) groups excluding carboxylic acids is 2. The molecule has 3 N–H and O–H groups in total. The van der Waals surface area contributed by atoms with Crippen molar-refractivity contribution in [2.45, 2.75) is 118 Å². The van der Waals surface area contributed by atoms with Crippen LogP contribution in [0.4, 0.5) is 0 Å². The molecule has 14 unspecified atom stereocenters. The van der Waals surface area contributed by atoms with E-state index in [1.807, 2.05) is 31.2 Å². The lowest BCUT2D eigenvalue weighted by Gasteiger charge is -2.51. The highest BCUT2D eigenvalue weighted by Crippen LogP contribution is 2.44. The Balaban J connectivity index is 1.10. The zero-order chi connectivity index (χ0) is 44.5. The third-order valence-corrected chi connectivity index (χ3v) is 12.2. The summed E-state index contributed by atoms with van der Waals surface area (Å²) in [6.45, 7) is 2.11. The molecule has 346 valence electrons. The van der Waals surface area contributed by atoms with Crippen LogP contribution in [0.5, 0.6) is 0 Å². The van der Waals surface area contributed by atoms with E-state index in [4.69, 9.17) is 72.0 Å². The van der Waals surface area contributed by atoms with Gasteiger partial charge in [0, 0.05) is 69.2 Å². The first-order valence-corrected chi connectivity index (χ1v) is 20.9. The first-order valence-electron chi connectivity index (χ1n) is 20.9. The number of rotatable bonds is 20. The Morgan fingerprint density at radius 1 is 0.581 bits per heavy atom. The number of ether oxygens (including phenoxy) is 14. The second-order valence-electron chi connectivity index (χ2n) is 15.7. The Kier molecular flexibility index (Phi) is 17.6. The summed E-state index contributed by atoms with van der Waals surface area (Å²) in [6, 6.07) is 15.7. The van der Waals surface area contributed by atoms with E-state index >= 15 is 0 Å². The number of esters is 1. The Bertz CT molecular complexity index is 1690. The monoisotopic (exact) mass is 876 g/mol. The summed E-state index contributed by atoms with van der Waals surface area (Å²) in [5.41, 5.74) is 10.9. The molecule has 3 saturated heterocycles. The Labute approximate surface area is 363 Å². The average molecular weight is 877 g/mol. The highest BCUT2D eigenvalue weighted by atomic mass is 16.8. The average Bonchev–Trinajstić information content (AvgIpc) is 3.60. The van der Waals surface area contributed by atoms with E-state index in [9.17, 15) is 9.59 Å². The van der Waals surface area contributed by atoms with Gasteiger partial charge in [0.1, 0.15) is 67.6 Å². The van der Waals surface area contributed by atoms with Gasteiger partial charge in [-0.05, 0) is 29.2 Å². The maximum Gasteiger partial charge on any atom is 0.306 e. The Morgan fingerprint density at radius 3 is 1.60 bits per heavy atom. The summed E-state index contributed by atoms with van der Waals surface area (Å²) in [6.07, 6.45) is -11.5. The molecule has 0 spiro atoms. The van der Waals surface area contributed by atoms with Crippen LogP contribution in [0.3, 0.4) is 0 Å². The van der Waals surface area contributed by atoms with Crippen LogP contribution >= 0.6 is 0 Å². The number of amides is 1. The molecule has 1 aliphatic carbocycles. The van der Waals surface area contributed by atoms with Gasteiger partial charge in [-0.3, -0.25) is 9.59 Å². The lowest BCUT2D eigenvalue weighted by Crippen LogP contribution is -2.68. The van der Waals surface area contributed by atoms with Crippen LogP contribution in [0.15, 0.2) is 48.5 Å². The Hall–Kier alpha value is -3.18. The van der Waals surface area contributed by atoms with Crippen molar-refractivity contribution >= 4 is 11.9 Å². The van der Waals surface area contributed by atoms with E-state index in [0.717, 1.165) is 22.3 Å². The first kappa shape index (κ1) is 48.3. The van der Waals surface area contributed by atoms with E-state index in [1.54, 1.807) is 7.11 Å². The minimum Gasteiger partial charge on any atom is -0.465 e. The summed E-state index contributed by atoms with van der Waals surface area (Å²) in [5.74, 6) is -1.04. The van der Waals surface area contributed by atoms with Crippen molar-refractivity contribution < 1.29 is 75.9 Å². The number of nitrogens with one attached hydrogen (secondary N) is 1. The van der Waals surface area contributed by atoms with Gasteiger partial charge in [0.25, 0.3) is 0 Å². The highest BCUT2D eigenvalue weighted by molar-refractivity contribution is 5.82. The zero-order valence-corrected chi connectivity index (χ0v) is 37.0. The molecule has 3 fully saturated rings. The van der Waals surface area contributed by atoms with Crippen LogP contribution in [0.25, 0.3) is 11.1 Å². The minimum absolute atomic E-state index is 0.0385. The number of fused-ring (bicyclic) bond motifs is 3. The van der Waals surface area contributed by atoms with Crippen molar-refractivity contribution in [2.75, 3.05) is 76.7 Å². The molecule has 4 aliphatic rings. The zero-order valence-electron chi connectivity index (χ0n) is 37.0. The van der Waals surface area contributed by atoms with E-state index in [0.29, 0.717) is 0 Å². The number of carbonyl (C=O) groups is 2. The van der Waals surface area contributed by atoms with Crippen molar-refractivity contribution in [3.63, 3.8) is 0 Å². The Morgan fingerprint density at radius 2 is 1.06 bits per heavy atom. The van der Waals surface area contributed by atoms with Gasteiger partial charge in [0.15, 0.2) is 18.8 Å². The molecule has 0 radical (unpaired) electrons. The lowest BCUT2D eigenvalue weighted by atomic mass is 9.95. The van der Waals surface area contributed by atoms with Crippen molar-refractivity contribution in [3.8, 4) is 11.1 Å². The second-order valence-corrected chi connectivity index (χ2v) is 15.7. The topological polar surface area (TPSA) is 201 Å². The van der Waals surface area contributed by atoms with Crippen LogP contribution in [0.2, 0.25) is 0 Å². The molecule has 1 amide bonds. The fourth-order valence-corrected chi connectivity index (χ4v) is 9.10. The van der Waals surface area contributed by atoms with Gasteiger partial charge >= 0.3 is 5.97 Å². The minimum atomic E-state index is -1.08. The van der Waals surface area contributed by atoms with Gasteiger partial charge in [0.05, 0.1) is 31.8 Å². The molecule has 2 aromatic rings. The summed E-state index contributed by atoms with van der Waals surface area (Å²) >= 11 is 0. The summed E-state index contributed by atoms with van der Waals surface area (Å²) < 4.78 is 84.8. The number of methoxy groups -OCH3 is 8. The smallest absolute Gasteiger partial charge is 0.306 e. The molecule has 6 rings (SSSR count). The van der Waals surface area contributed by atoms with Crippen LogP contribution < -0.4 is 11.1 Å². The van der Waals surface area contributed by atoms with Crippen molar-refractivity contribution in [3.05, 3.63) is 59.7 Å². The first-order chi connectivity index (χ1) is 30.1. The third-order valence-electron chi connectivity index (χ3n) is 12.2. The van der Waals surface area contributed by atoms with Gasteiger partial charge in [0.2, 0.25) is 5.91 Å². The van der Waals surface area contributed by atoms with Crippen molar-refractivity contribution in [1.82, 2.24) is 5.32 Å². The van der Waals surface area contributed by atoms with Crippen molar-refractivity contribution in [2.24, 2.45) is 5.73 Å². The summed E-state index contributed by atoms with van der Waals surface area (Å²) in [4.78, 5) is 26.4. The van der Waals surface area contributed by atoms with Gasteiger partial charge in [-0.15, -0.1) is 0 Å². The maximum atomic E-state index is 13.4. The van der Waals surface area contributed by atoms with Gasteiger partial charge < -0.3 is 77.4 Å². The maximum absolute atomic E-state index is 13.4. The van der Waals surface area contributed by atoms with E-state index < -0.39 is 104 Å². The summed E-state index contributed by atoms with van der Waals surface area (Å²) in [5, 5.41) is 2.87. The molecule has 62 heavy (non-hydrogen) atoms. The van der Waals surface area contributed by atoms with Crippen LogP contribution in [-0.4, -0.2) is 181 Å². The number of hydrogen-bond acceptors (Lipinski definition) is 17. The molecule has 15 atom stereocenters. The van der Waals surface area contributed by atoms with Gasteiger partial charge in [-0.25, -0.2) is 0 Å². The van der Waals surface area contributed by atoms with Crippen LogP contribution in [0, 0.1) is 0 Å². The molecule has 3 heterocycles. The second kappa shape index (κ2) is 22.6. The van der Waals surface area contributed by atoms with Crippen molar-refractivity contribution in [1.29, 1.82) is 0 Å². The molecule has 0 saturated carbocycles. The van der Waals surface area contributed by atoms with E-state index in [-0.39, 0.29) is 38.6 Å². The predicted molar refractivity (Wildman–Crippen MR) is 220 cm³/mol. The molecule has 18 heteroatoms. The molecular formula is C44H64N2O16. The standard InChI is InChI=1S/C44H64N2O16/c1-23-33(45)36(51-4)40(55-8)43(58-23)61-35-30(22-50-3)60-44(41(56-9)38(35)53-6)62-34-29(21-49-2)59-42(39(54-7)37(34)52-5)46-31(47)18-19-32(48)57-20-28-26-16-12-10-14-24(26)25-15-11-13-17-27(25)28/h10-17,23,28-30,33-44H,18-22,45H2,1-9H3,(H,46,47)/t23?,29?,30?,33-,34?,35?,36?,37?,38?,39?,40?,41?,42?,43?,44?/m1/s1. The van der Waals surface area contributed by atoms with Crippen LogP contribution in [-0.2, 0) is 75.9 Å². The third kappa shape index (κ3) is 10.3. The van der Waals surface area contributed by atoms with E-state index in [2.05, 4.69) is 29.6 Å². The predicted octanol–water partition coefficient (Wildman–Crippen LogP) is 1.91. The normalized spacial score (nSPS) is 34.6. The number of hydrogen-bond donors (Lipinski definition) is 2. The largest absolute Gasteiger partial charge is 0.465 e. The molecule has 3 aliphatic heterocycles. The fourth-order valence-electron chi connectivity index (χ4n) is 9.10. The van der Waals surface area contributed by atoms with E-state index in [1.165, 1.54) is 49.8 Å². The quantitative estimate of drug-likeness (QED) is 0.183. The SMILES string of the molecule is COCC1OC(NC(=O)CCC(=O)OCC2c3ccccc3-c3ccccc32)C(OC)C(OC)C1OC1OC(COC)C(OC2OC(C)[C@@H](N)C(OC)C2OC)C(OC)C1OC. The fraction of sp³-hybridized carbons (Fsp3) is 0.682.